The maximum Gasteiger partial charge on any atom is 0.282 e. The number of hydrogen-bond acceptors (Lipinski definition) is 7. The number of carbonyl (C=O) groups is 1. The van der Waals surface area contributed by atoms with Crippen molar-refractivity contribution in [3.8, 4) is 0 Å². The second-order valence-corrected chi connectivity index (χ2v) is 4.36. The minimum atomic E-state index is -1.41. The van der Waals surface area contributed by atoms with Gasteiger partial charge in [0.05, 0.1) is 24.8 Å². The molecular weight excluding hydrogens is 226 g/mol. The molecular formula is C9H13N5O3. The van der Waals surface area contributed by atoms with Gasteiger partial charge < -0.3 is 15.6 Å². The third kappa shape index (κ3) is 1.31. The molecule has 3 aliphatic rings. The molecule has 1 amide bonds. The minimum Gasteiger partial charge on any atom is -0.389 e. The molecule has 4 atom stereocenters. The Morgan fingerprint density at radius 3 is 3.18 bits per heavy atom. The highest BCUT2D eigenvalue weighted by Crippen LogP contribution is 2.28. The van der Waals surface area contributed by atoms with E-state index in [4.69, 9.17) is 10.5 Å². The van der Waals surface area contributed by atoms with Gasteiger partial charge in [0.25, 0.3) is 11.6 Å². The second-order valence-electron chi connectivity index (χ2n) is 4.36. The molecule has 0 aromatic heterocycles. The summed E-state index contributed by atoms with van der Waals surface area (Å²) in [6, 6.07) is -0.317. The van der Waals surface area contributed by atoms with Gasteiger partial charge in [0.1, 0.15) is 0 Å². The van der Waals surface area contributed by atoms with E-state index in [1.165, 1.54) is 0 Å². The van der Waals surface area contributed by atoms with Crippen molar-refractivity contribution in [2.24, 2.45) is 15.7 Å². The van der Waals surface area contributed by atoms with Crippen LogP contribution in [-0.2, 0) is 9.53 Å². The lowest BCUT2D eigenvalue weighted by molar-refractivity contribution is -0.181. The molecule has 8 nitrogen and oxygen atoms in total. The van der Waals surface area contributed by atoms with Crippen molar-refractivity contribution < 1.29 is 14.6 Å². The van der Waals surface area contributed by atoms with Crippen molar-refractivity contribution in [1.29, 1.82) is 0 Å². The molecule has 0 aromatic rings. The Hall–Kier alpha value is -1.51. The number of fused-ring (bicyclic) bond motifs is 1. The summed E-state index contributed by atoms with van der Waals surface area (Å²) in [5.41, 5.74) is 4.05. The first kappa shape index (κ1) is 10.6. The van der Waals surface area contributed by atoms with Gasteiger partial charge in [0, 0.05) is 0 Å². The topological polar surface area (TPSA) is 121 Å². The van der Waals surface area contributed by atoms with Crippen molar-refractivity contribution in [3.05, 3.63) is 0 Å². The fourth-order valence-electron chi connectivity index (χ4n) is 2.30. The van der Waals surface area contributed by atoms with Crippen molar-refractivity contribution in [2.75, 3.05) is 6.54 Å². The first-order valence-corrected chi connectivity index (χ1v) is 5.37. The molecule has 92 valence electrons. The summed E-state index contributed by atoms with van der Waals surface area (Å²) in [5, 5.41) is 15.2. The number of amidine groups is 1. The molecule has 2 unspecified atom stereocenters. The van der Waals surface area contributed by atoms with E-state index in [-0.39, 0.29) is 17.8 Å². The van der Waals surface area contributed by atoms with E-state index >= 15 is 0 Å². The summed E-state index contributed by atoms with van der Waals surface area (Å²) in [5.74, 6) is -0.233. The van der Waals surface area contributed by atoms with Crippen LogP contribution in [0.3, 0.4) is 0 Å². The number of amides is 1. The molecule has 3 heterocycles. The first-order valence-electron chi connectivity index (χ1n) is 5.37. The van der Waals surface area contributed by atoms with Crippen molar-refractivity contribution >= 4 is 17.7 Å². The van der Waals surface area contributed by atoms with Gasteiger partial charge in [0.15, 0.2) is 5.84 Å². The van der Waals surface area contributed by atoms with Crippen LogP contribution in [0, 0.1) is 0 Å². The molecule has 3 aliphatic heterocycles. The van der Waals surface area contributed by atoms with Crippen LogP contribution < -0.4 is 16.4 Å². The smallest absolute Gasteiger partial charge is 0.282 e. The Bertz CT molecular complexity index is 448. The van der Waals surface area contributed by atoms with Crippen molar-refractivity contribution in [1.82, 2.24) is 10.6 Å². The second kappa shape index (κ2) is 3.25. The van der Waals surface area contributed by atoms with E-state index in [9.17, 15) is 9.90 Å². The van der Waals surface area contributed by atoms with Crippen LogP contribution in [0.2, 0.25) is 0 Å². The predicted molar refractivity (Wildman–Crippen MR) is 58.3 cm³/mol. The number of hydrogen-bond donors (Lipinski definition) is 4. The average molecular weight is 239 g/mol. The van der Waals surface area contributed by atoms with Crippen LogP contribution in [0.15, 0.2) is 9.98 Å². The van der Waals surface area contributed by atoms with Gasteiger partial charge in [-0.25, -0.2) is 0 Å². The van der Waals surface area contributed by atoms with Gasteiger partial charge >= 0.3 is 0 Å². The summed E-state index contributed by atoms with van der Waals surface area (Å²) in [7, 11) is 0. The van der Waals surface area contributed by atoms with Gasteiger partial charge in [0.2, 0.25) is 5.96 Å². The van der Waals surface area contributed by atoms with Crippen LogP contribution in [0.5, 0.6) is 0 Å². The number of carbonyl (C=O) groups excluding carboxylic acids is 1. The summed E-state index contributed by atoms with van der Waals surface area (Å²) in [4.78, 5) is 20.1. The standard InChI is InChI=1S/C9H13N5O3/c1-3-5(15)4-2-11-6-9(14-4,17-3)7(16)13-8(10)12-6/h3-5,14-15H,2H2,1H3,(H3,10,11,12,13,16)/t3-,4?,5+,9?/m1/s1. The van der Waals surface area contributed by atoms with E-state index in [1.54, 1.807) is 6.92 Å². The highest BCUT2D eigenvalue weighted by molar-refractivity contribution is 6.22. The fraction of sp³-hybridized carbons (Fsp3) is 0.667. The Labute approximate surface area is 96.9 Å². The van der Waals surface area contributed by atoms with E-state index in [1.807, 2.05) is 0 Å². The lowest BCUT2D eigenvalue weighted by Gasteiger charge is -2.48. The SMILES string of the molecule is C[C@H]1OC23NC(CN=C2N=C(N)NC3=O)[C@H]1O. The van der Waals surface area contributed by atoms with Crippen LogP contribution in [0.25, 0.3) is 0 Å². The number of nitrogens with zero attached hydrogens (tertiary/aromatic N) is 2. The number of aliphatic hydroxyl groups excluding tert-OH is 1. The number of ether oxygens (including phenoxy) is 1. The van der Waals surface area contributed by atoms with Gasteiger partial charge in [-0.15, -0.1) is 0 Å². The summed E-state index contributed by atoms with van der Waals surface area (Å²) < 4.78 is 5.55. The molecule has 0 radical (unpaired) electrons. The lowest BCUT2D eigenvalue weighted by atomic mass is 9.95. The van der Waals surface area contributed by atoms with E-state index in [0.29, 0.717) is 6.54 Å². The largest absolute Gasteiger partial charge is 0.389 e. The van der Waals surface area contributed by atoms with Crippen molar-refractivity contribution in [2.45, 2.75) is 30.9 Å². The van der Waals surface area contributed by atoms with E-state index in [0.717, 1.165) is 0 Å². The van der Waals surface area contributed by atoms with Gasteiger partial charge in [-0.1, -0.05) is 0 Å². The summed E-state index contributed by atoms with van der Waals surface area (Å²) in [6.45, 7) is 2.05. The Balaban J connectivity index is 2.09. The number of guanidine groups is 1. The zero-order valence-electron chi connectivity index (χ0n) is 9.17. The molecule has 1 spiro atoms. The molecule has 1 fully saturated rings. The number of rotatable bonds is 0. The lowest BCUT2D eigenvalue weighted by Crippen LogP contribution is -2.78. The number of aliphatic imine (C=N–C) groups is 2. The Morgan fingerprint density at radius 1 is 1.65 bits per heavy atom. The van der Waals surface area contributed by atoms with Crippen molar-refractivity contribution in [3.63, 3.8) is 0 Å². The average Bonchev–Trinajstić information content (AvgIpc) is 2.28. The fourth-order valence-corrected chi connectivity index (χ4v) is 2.30. The molecule has 3 rings (SSSR count). The highest BCUT2D eigenvalue weighted by atomic mass is 16.5. The van der Waals surface area contributed by atoms with Gasteiger partial charge in [-0.05, 0) is 6.92 Å². The van der Waals surface area contributed by atoms with Crippen LogP contribution >= 0.6 is 0 Å². The van der Waals surface area contributed by atoms with Crippen LogP contribution in [0.1, 0.15) is 6.92 Å². The summed E-state index contributed by atoms with van der Waals surface area (Å²) >= 11 is 0. The third-order valence-corrected chi connectivity index (χ3v) is 3.18. The zero-order valence-corrected chi connectivity index (χ0v) is 9.17. The molecule has 17 heavy (non-hydrogen) atoms. The first-order chi connectivity index (χ1) is 8.03. The molecule has 0 aliphatic carbocycles. The number of nitrogens with two attached hydrogens (primary N) is 1. The van der Waals surface area contributed by atoms with E-state index in [2.05, 4.69) is 20.6 Å². The van der Waals surface area contributed by atoms with Crippen LogP contribution in [0.4, 0.5) is 0 Å². The third-order valence-electron chi connectivity index (χ3n) is 3.18. The van der Waals surface area contributed by atoms with Crippen LogP contribution in [-0.4, -0.2) is 53.3 Å². The Kier molecular flexibility index (Phi) is 2.03. The molecule has 0 saturated carbocycles. The zero-order chi connectivity index (χ0) is 12.2. The van der Waals surface area contributed by atoms with Gasteiger partial charge in [-0.3, -0.25) is 20.4 Å². The highest BCUT2D eigenvalue weighted by Gasteiger charge is 2.57. The molecule has 0 aromatic carbocycles. The minimum absolute atomic E-state index is 0.00185. The van der Waals surface area contributed by atoms with E-state index < -0.39 is 23.8 Å². The molecule has 8 heteroatoms. The molecule has 1 saturated heterocycles. The monoisotopic (exact) mass is 239 g/mol. The normalized spacial score (nSPS) is 44.4. The maximum atomic E-state index is 12.0. The molecule has 2 bridgehead atoms. The maximum absolute atomic E-state index is 12.0. The number of aliphatic hydroxyl groups is 1. The number of nitrogens with one attached hydrogen (secondary N) is 2. The quantitative estimate of drug-likeness (QED) is 0.366. The predicted octanol–water partition coefficient (Wildman–Crippen LogP) is -2.72. The Morgan fingerprint density at radius 2 is 2.41 bits per heavy atom. The molecule has 5 N–H and O–H groups in total. The summed E-state index contributed by atoms with van der Waals surface area (Å²) in [6.07, 6.45) is -1.19. The van der Waals surface area contributed by atoms with Gasteiger partial charge in [-0.2, -0.15) is 4.99 Å².